The van der Waals surface area contributed by atoms with Crippen molar-refractivity contribution in [3.05, 3.63) is 70.7 Å². The molecule has 0 radical (unpaired) electrons. The number of aromatic nitrogens is 3. The summed E-state index contributed by atoms with van der Waals surface area (Å²) in [6, 6.07) is 14.9. The number of anilines is 1. The lowest BCUT2D eigenvalue weighted by Crippen LogP contribution is -2.35. The standard InChI is InChI=1S/C22H20N4S/c1-2-19-17-10-13-27-20(17)9-12-26(19)22-16-7-3-4-8-18(16)24-21(25-22)15-6-5-11-23-14-15/h3-8,10-11,13-14,19H,2,9,12H2,1H3/t19-/m0/s1. The molecule has 134 valence electrons. The van der Waals surface area contributed by atoms with E-state index in [1.54, 1.807) is 6.20 Å². The van der Waals surface area contributed by atoms with Crippen LogP contribution in [0.4, 0.5) is 5.82 Å². The van der Waals surface area contributed by atoms with Gasteiger partial charge in [-0.3, -0.25) is 4.98 Å². The Labute approximate surface area is 162 Å². The van der Waals surface area contributed by atoms with Crippen molar-refractivity contribution in [2.75, 3.05) is 11.4 Å². The van der Waals surface area contributed by atoms with Crippen molar-refractivity contribution in [3.8, 4) is 11.4 Å². The van der Waals surface area contributed by atoms with Gasteiger partial charge in [0, 0.05) is 34.8 Å². The number of fused-ring (bicyclic) bond motifs is 2. The van der Waals surface area contributed by atoms with E-state index in [4.69, 9.17) is 9.97 Å². The van der Waals surface area contributed by atoms with Crippen molar-refractivity contribution >= 4 is 28.1 Å². The third kappa shape index (κ3) is 2.79. The van der Waals surface area contributed by atoms with E-state index in [-0.39, 0.29) is 0 Å². The Morgan fingerprint density at radius 3 is 2.89 bits per heavy atom. The number of rotatable bonds is 3. The second-order valence-corrected chi connectivity index (χ2v) is 7.80. The molecule has 0 fully saturated rings. The van der Waals surface area contributed by atoms with Gasteiger partial charge in [-0.05, 0) is 54.1 Å². The van der Waals surface area contributed by atoms with E-state index in [1.165, 1.54) is 10.4 Å². The first-order valence-electron chi connectivity index (χ1n) is 9.35. The molecule has 0 N–H and O–H groups in total. The molecular weight excluding hydrogens is 352 g/mol. The second-order valence-electron chi connectivity index (χ2n) is 6.80. The summed E-state index contributed by atoms with van der Waals surface area (Å²) in [5.41, 5.74) is 3.39. The maximum Gasteiger partial charge on any atom is 0.163 e. The van der Waals surface area contributed by atoms with Gasteiger partial charge in [0.1, 0.15) is 5.82 Å². The third-order valence-electron chi connectivity index (χ3n) is 5.26. The molecule has 1 atom stereocenters. The van der Waals surface area contributed by atoms with E-state index >= 15 is 0 Å². The molecule has 27 heavy (non-hydrogen) atoms. The predicted molar refractivity (Wildman–Crippen MR) is 111 cm³/mol. The van der Waals surface area contributed by atoms with Gasteiger partial charge in [-0.25, -0.2) is 9.97 Å². The normalized spacial score (nSPS) is 16.5. The van der Waals surface area contributed by atoms with E-state index in [2.05, 4.69) is 46.5 Å². The smallest absolute Gasteiger partial charge is 0.163 e. The van der Waals surface area contributed by atoms with Gasteiger partial charge in [-0.15, -0.1) is 11.3 Å². The van der Waals surface area contributed by atoms with Crippen LogP contribution in [0.1, 0.15) is 29.8 Å². The molecule has 0 spiro atoms. The largest absolute Gasteiger partial charge is 0.349 e. The molecule has 3 aromatic heterocycles. The van der Waals surface area contributed by atoms with Crippen LogP contribution in [-0.4, -0.2) is 21.5 Å². The van der Waals surface area contributed by atoms with Gasteiger partial charge in [-0.2, -0.15) is 0 Å². The van der Waals surface area contributed by atoms with Gasteiger partial charge >= 0.3 is 0 Å². The Bertz CT molecular complexity index is 1090. The predicted octanol–water partition coefficient (Wildman–Crippen LogP) is 5.27. The van der Waals surface area contributed by atoms with Crippen molar-refractivity contribution in [1.82, 2.24) is 15.0 Å². The topological polar surface area (TPSA) is 41.9 Å². The van der Waals surface area contributed by atoms with Crippen LogP contribution in [0.2, 0.25) is 0 Å². The minimum absolute atomic E-state index is 0.361. The zero-order valence-corrected chi connectivity index (χ0v) is 16.0. The highest BCUT2D eigenvalue weighted by Crippen LogP contribution is 2.40. The van der Waals surface area contributed by atoms with Crippen molar-refractivity contribution in [2.45, 2.75) is 25.8 Å². The van der Waals surface area contributed by atoms with Gasteiger partial charge in [0.05, 0.1) is 11.6 Å². The van der Waals surface area contributed by atoms with Gasteiger partial charge in [-0.1, -0.05) is 19.1 Å². The van der Waals surface area contributed by atoms with Crippen molar-refractivity contribution in [3.63, 3.8) is 0 Å². The van der Waals surface area contributed by atoms with Crippen LogP contribution >= 0.6 is 11.3 Å². The first-order chi connectivity index (χ1) is 13.3. The van der Waals surface area contributed by atoms with Crippen LogP contribution in [-0.2, 0) is 6.42 Å². The number of pyridine rings is 1. The minimum atomic E-state index is 0.361. The van der Waals surface area contributed by atoms with Crippen molar-refractivity contribution in [1.29, 1.82) is 0 Å². The van der Waals surface area contributed by atoms with E-state index in [0.29, 0.717) is 6.04 Å². The molecule has 0 aliphatic carbocycles. The third-order valence-corrected chi connectivity index (χ3v) is 6.25. The zero-order valence-electron chi connectivity index (χ0n) is 15.2. The summed E-state index contributed by atoms with van der Waals surface area (Å²) in [7, 11) is 0. The average molecular weight is 372 g/mol. The van der Waals surface area contributed by atoms with Crippen LogP contribution in [0.15, 0.2) is 60.2 Å². The zero-order chi connectivity index (χ0) is 18.2. The summed E-state index contributed by atoms with van der Waals surface area (Å²) >= 11 is 1.88. The fourth-order valence-electron chi connectivity index (χ4n) is 3.99. The Morgan fingerprint density at radius 2 is 2.04 bits per heavy atom. The van der Waals surface area contributed by atoms with E-state index in [9.17, 15) is 0 Å². The summed E-state index contributed by atoms with van der Waals surface area (Å²) in [4.78, 5) is 18.1. The molecule has 1 aliphatic heterocycles. The molecule has 0 bridgehead atoms. The molecule has 5 rings (SSSR count). The Morgan fingerprint density at radius 1 is 1.11 bits per heavy atom. The molecule has 0 saturated heterocycles. The first kappa shape index (κ1) is 16.4. The summed E-state index contributed by atoms with van der Waals surface area (Å²) < 4.78 is 0. The lowest BCUT2D eigenvalue weighted by molar-refractivity contribution is 0.569. The maximum atomic E-state index is 5.03. The highest BCUT2D eigenvalue weighted by Gasteiger charge is 2.29. The number of para-hydroxylation sites is 1. The van der Waals surface area contributed by atoms with Crippen LogP contribution in [0, 0.1) is 0 Å². The van der Waals surface area contributed by atoms with Crippen LogP contribution < -0.4 is 4.90 Å². The maximum absolute atomic E-state index is 5.03. The van der Waals surface area contributed by atoms with E-state index < -0.39 is 0 Å². The molecule has 5 heteroatoms. The minimum Gasteiger partial charge on any atom is -0.349 e. The average Bonchev–Trinajstić information content (AvgIpc) is 3.22. The molecular formula is C22H20N4S. The molecule has 0 saturated carbocycles. The monoisotopic (exact) mass is 372 g/mol. The first-order valence-corrected chi connectivity index (χ1v) is 10.2. The van der Waals surface area contributed by atoms with Gasteiger partial charge in [0.2, 0.25) is 0 Å². The molecule has 0 amide bonds. The fourth-order valence-corrected chi connectivity index (χ4v) is 4.92. The van der Waals surface area contributed by atoms with E-state index in [1.807, 2.05) is 35.7 Å². The lowest BCUT2D eigenvalue weighted by Gasteiger charge is -2.37. The van der Waals surface area contributed by atoms with Crippen molar-refractivity contribution < 1.29 is 0 Å². The Balaban J connectivity index is 1.70. The molecule has 4 heterocycles. The summed E-state index contributed by atoms with van der Waals surface area (Å²) in [5, 5.41) is 3.33. The number of nitrogens with zero attached hydrogens (tertiary/aromatic N) is 4. The Hall–Kier alpha value is -2.79. The molecule has 4 nitrogen and oxygen atoms in total. The Kier molecular flexibility index (Phi) is 4.09. The molecule has 1 aromatic carbocycles. The van der Waals surface area contributed by atoms with Crippen LogP contribution in [0.25, 0.3) is 22.3 Å². The molecule has 1 aliphatic rings. The quantitative estimate of drug-likeness (QED) is 0.491. The molecule has 0 unspecified atom stereocenters. The van der Waals surface area contributed by atoms with Gasteiger partial charge < -0.3 is 4.90 Å². The summed E-state index contributed by atoms with van der Waals surface area (Å²) in [6.45, 7) is 3.25. The van der Waals surface area contributed by atoms with E-state index in [0.717, 1.165) is 47.5 Å². The SMILES string of the molecule is CC[C@H]1c2ccsc2CCN1c1nc(-c2cccnc2)nc2ccccc12. The highest BCUT2D eigenvalue weighted by atomic mass is 32.1. The number of hydrogen-bond donors (Lipinski definition) is 0. The van der Waals surface area contributed by atoms with Crippen LogP contribution in [0.5, 0.6) is 0 Å². The number of thiophene rings is 1. The number of hydrogen-bond acceptors (Lipinski definition) is 5. The van der Waals surface area contributed by atoms with Crippen LogP contribution in [0.3, 0.4) is 0 Å². The summed E-state index contributed by atoms with van der Waals surface area (Å²) in [5.74, 6) is 1.77. The second kappa shape index (κ2) is 6.74. The van der Waals surface area contributed by atoms with Gasteiger partial charge in [0.15, 0.2) is 5.82 Å². The molecule has 4 aromatic rings. The van der Waals surface area contributed by atoms with Crippen molar-refractivity contribution in [2.24, 2.45) is 0 Å². The summed E-state index contributed by atoms with van der Waals surface area (Å²) in [6.07, 6.45) is 5.74. The fraction of sp³-hybridized carbons (Fsp3) is 0.227. The number of benzene rings is 1. The lowest BCUT2D eigenvalue weighted by atomic mass is 9.97. The van der Waals surface area contributed by atoms with Gasteiger partial charge in [0.25, 0.3) is 0 Å². The highest BCUT2D eigenvalue weighted by molar-refractivity contribution is 7.10.